The minimum Gasteiger partial charge on any atom is -0.438 e. The fourth-order valence-electron chi connectivity index (χ4n) is 3.13. The number of hydrogen-bond donors (Lipinski definition) is 0. The first-order valence-electron chi connectivity index (χ1n) is 7.69. The highest BCUT2D eigenvalue weighted by Crippen LogP contribution is 2.31. The van der Waals surface area contributed by atoms with Crippen molar-refractivity contribution in [2.45, 2.75) is 38.3 Å². The van der Waals surface area contributed by atoms with Gasteiger partial charge in [0.1, 0.15) is 0 Å². The summed E-state index contributed by atoms with van der Waals surface area (Å²) in [7, 11) is 0. The third-order valence-electron chi connectivity index (χ3n) is 4.56. The second-order valence-corrected chi connectivity index (χ2v) is 6.02. The lowest BCUT2D eigenvalue weighted by atomic mass is 9.91. The number of carbonyl (C=O) groups is 2. The van der Waals surface area contributed by atoms with Crippen LogP contribution in [0.1, 0.15) is 41.9 Å². The number of rotatable bonds is 2. The van der Waals surface area contributed by atoms with Crippen molar-refractivity contribution in [2.75, 3.05) is 26.2 Å². The Kier molecular flexibility index (Phi) is 3.88. The van der Waals surface area contributed by atoms with Gasteiger partial charge in [-0.15, -0.1) is 0 Å². The molecule has 0 saturated carbocycles. The second kappa shape index (κ2) is 5.70. The van der Waals surface area contributed by atoms with Crippen LogP contribution in [0.3, 0.4) is 0 Å². The molecule has 0 N–H and O–H groups in total. The number of aryl methyl sites for hydroxylation is 1. The molecule has 2 aliphatic heterocycles. The molecule has 6 nitrogen and oxygen atoms in total. The molecule has 1 aromatic rings. The maximum absolute atomic E-state index is 14.9. The van der Waals surface area contributed by atoms with Crippen LogP contribution in [0.4, 0.5) is 4.39 Å². The molecule has 0 aromatic carbocycles. The normalized spacial score (nSPS) is 21.2. The molecule has 0 radical (unpaired) electrons. The largest absolute Gasteiger partial charge is 0.438 e. The summed E-state index contributed by atoms with van der Waals surface area (Å²) >= 11 is 0. The molecule has 3 heterocycles. The molecular weight excluding hydrogens is 289 g/mol. The van der Waals surface area contributed by atoms with Crippen LogP contribution >= 0.6 is 0 Å². The number of aromatic nitrogens is 1. The first-order valence-corrected chi connectivity index (χ1v) is 7.69. The maximum atomic E-state index is 14.9. The molecule has 0 aliphatic carbocycles. The lowest BCUT2D eigenvalue weighted by Gasteiger charge is -2.37. The lowest BCUT2D eigenvalue weighted by Crippen LogP contribution is -2.52. The van der Waals surface area contributed by atoms with Gasteiger partial charge in [0.25, 0.3) is 11.8 Å². The van der Waals surface area contributed by atoms with Gasteiger partial charge in [0.05, 0.1) is 5.69 Å². The predicted octanol–water partition coefficient (Wildman–Crippen LogP) is 1.55. The number of halogens is 1. The van der Waals surface area contributed by atoms with Gasteiger partial charge in [-0.05, 0) is 19.8 Å². The molecule has 0 bridgehead atoms. The van der Waals surface area contributed by atoms with E-state index in [9.17, 15) is 14.0 Å². The number of likely N-dealkylation sites (tertiary alicyclic amines) is 2. The molecule has 0 unspecified atom stereocenters. The van der Waals surface area contributed by atoms with Crippen molar-refractivity contribution in [2.24, 2.45) is 0 Å². The topological polar surface area (TPSA) is 66.7 Å². The van der Waals surface area contributed by atoms with Gasteiger partial charge < -0.3 is 14.2 Å². The number of nitrogens with zero attached hydrogens (tertiary/aromatic N) is 3. The van der Waals surface area contributed by atoms with Crippen LogP contribution < -0.4 is 0 Å². The predicted molar refractivity (Wildman–Crippen MR) is 76.0 cm³/mol. The SMILES string of the molecule is Cc1ncoc1C(=O)N1CCC(F)(C(=O)N2CCCC2)CC1. The minimum atomic E-state index is -1.84. The van der Waals surface area contributed by atoms with Crippen LogP contribution in [-0.4, -0.2) is 58.4 Å². The molecule has 3 rings (SSSR count). The van der Waals surface area contributed by atoms with Gasteiger partial charge in [-0.25, -0.2) is 9.37 Å². The Morgan fingerprint density at radius 2 is 1.82 bits per heavy atom. The molecule has 1 aromatic heterocycles. The van der Waals surface area contributed by atoms with Gasteiger partial charge in [0.2, 0.25) is 5.76 Å². The Hall–Kier alpha value is -1.92. The molecule has 0 spiro atoms. The van der Waals surface area contributed by atoms with E-state index in [1.165, 1.54) is 11.3 Å². The van der Waals surface area contributed by atoms with Crippen LogP contribution in [0.15, 0.2) is 10.8 Å². The Labute approximate surface area is 128 Å². The summed E-state index contributed by atoms with van der Waals surface area (Å²) in [5, 5.41) is 0. The van der Waals surface area contributed by atoms with E-state index in [1.807, 2.05) is 0 Å². The van der Waals surface area contributed by atoms with Crippen LogP contribution in [-0.2, 0) is 4.79 Å². The number of oxazole rings is 1. The van der Waals surface area contributed by atoms with E-state index in [2.05, 4.69) is 4.98 Å². The highest BCUT2D eigenvalue weighted by molar-refractivity contribution is 5.93. The molecule has 120 valence electrons. The quantitative estimate of drug-likeness (QED) is 0.831. The van der Waals surface area contributed by atoms with Crippen LogP contribution in [0, 0.1) is 6.92 Å². The van der Waals surface area contributed by atoms with E-state index >= 15 is 0 Å². The fourth-order valence-corrected chi connectivity index (χ4v) is 3.13. The number of hydrogen-bond acceptors (Lipinski definition) is 4. The van der Waals surface area contributed by atoms with Crippen molar-refractivity contribution in [3.05, 3.63) is 17.8 Å². The van der Waals surface area contributed by atoms with Crippen LogP contribution in [0.25, 0.3) is 0 Å². The standard InChI is InChI=1S/C15H20FN3O3/c1-11-12(22-10-17-11)13(20)18-8-4-15(16,5-9-18)14(21)19-6-2-3-7-19/h10H,2-9H2,1H3. The summed E-state index contributed by atoms with van der Waals surface area (Å²) in [6, 6.07) is 0. The van der Waals surface area contributed by atoms with Crippen molar-refractivity contribution in [1.29, 1.82) is 0 Å². The third-order valence-corrected chi connectivity index (χ3v) is 4.56. The van der Waals surface area contributed by atoms with Crippen molar-refractivity contribution >= 4 is 11.8 Å². The molecule has 2 fully saturated rings. The highest BCUT2D eigenvalue weighted by atomic mass is 19.1. The molecule has 2 saturated heterocycles. The second-order valence-electron chi connectivity index (χ2n) is 6.02. The Morgan fingerprint density at radius 1 is 1.18 bits per heavy atom. The Bertz CT molecular complexity index is 572. The van der Waals surface area contributed by atoms with E-state index in [0.717, 1.165) is 12.8 Å². The van der Waals surface area contributed by atoms with Gasteiger partial charge >= 0.3 is 0 Å². The monoisotopic (exact) mass is 309 g/mol. The molecule has 2 amide bonds. The summed E-state index contributed by atoms with van der Waals surface area (Å²) in [6.07, 6.45) is 3.19. The van der Waals surface area contributed by atoms with E-state index < -0.39 is 11.6 Å². The van der Waals surface area contributed by atoms with Crippen molar-refractivity contribution in [3.63, 3.8) is 0 Å². The van der Waals surface area contributed by atoms with E-state index in [1.54, 1.807) is 11.8 Å². The van der Waals surface area contributed by atoms with Gasteiger partial charge in [-0.3, -0.25) is 9.59 Å². The van der Waals surface area contributed by atoms with Gasteiger partial charge in [0, 0.05) is 39.0 Å². The van der Waals surface area contributed by atoms with Crippen LogP contribution in [0.2, 0.25) is 0 Å². The third kappa shape index (κ3) is 2.60. The average molecular weight is 309 g/mol. The summed E-state index contributed by atoms with van der Waals surface area (Å²) in [5.74, 6) is -0.504. The number of piperidine rings is 1. The Balaban J connectivity index is 1.63. The molecule has 7 heteroatoms. The summed E-state index contributed by atoms with van der Waals surface area (Å²) in [6.45, 7) is 3.41. The molecule has 22 heavy (non-hydrogen) atoms. The van der Waals surface area contributed by atoms with Gasteiger partial charge in [0.15, 0.2) is 12.1 Å². The summed E-state index contributed by atoms with van der Waals surface area (Å²) < 4.78 is 20.0. The number of carbonyl (C=O) groups excluding carboxylic acids is 2. The van der Waals surface area contributed by atoms with Gasteiger partial charge in [-0.2, -0.15) is 0 Å². The first kappa shape index (κ1) is 15.0. The summed E-state index contributed by atoms with van der Waals surface area (Å²) in [5.41, 5.74) is -1.31. The van der Waals surface area contributed by atoms with Gasteiger partial charge in [-0.1, -0.05) is 0 Å². The summed E-state index contributed by atoms with van der Waals surface area (Å²) in [4.78, 5) is 31.6. The van der Waals surface area contributed by atoms with Crippen molar-refractivity contribution in [3.8, 4) is 0 Å². The zero-order chi connectivity index (χ0) is 15.7. The van der Waals surface area contributed by atoms with Crippen molar-refractivity contribution < 1.29 is 18.4 Å². The zero-order valence-electron chi connectivity index (χ0n) is 12.7. The smallest absolute Gasteiger partial charge is 0.291 e. The minimum absolute atomic E-state index is 0.0429. The van der Waals surface area contributed by atoms with Crippen molar-refractivity contribution in [1.82, 2.24) is 14.8 Å². The van der Waals surface area contributed by atoms with E-state index in [-0.39, 0.29) is 37.6 Å². The Morgan fingerprint density at radius 3 is 2.36 bits per heavy atom. The molecular formula is C15H20FN3O3. The van der Waals surface area contributed by atoms with E-state index in [0.29, 0.717) is 18.8 Å². The molecule has 2 aliphatic rings. The van der Waals surface area contributed by atoms with E-state index in [4.69, 9.17) is 4.42 Å². The molecule has 0 atom stereocenters. The number of amides is 2. The number of alkyl halides is 1. The maximum Gasteiger partial charge on any atom is 0.291 e. The highest BCUT2D eigenvalue weighted by Gasteiger charge is 2.45. The zero-order valence-corrected chi connectivity index (χ0v) is 12.7. The average Bonchev–Trinajstić information content (AvgIpc) is 3.18. The van der Waals surface area contributed by atoms with Crippen LogP contribution in [0.5, 0.6) is 0 Å². The fraction of sp³-hybridized carbons (Fsp3) is 0.667. The lowest BCUT2D eigenvalue weighted by molar-refractivity contribution is -0.145. The first-order chi connectivity index (χ1) is 10.5.